The molecule has 0 saturated carbocycles. The summed E-state index contributed by atoms with van der Waals surface area (Å²) >= 11 is 1.56. The monoisotopic (exact) mass is 1160 g/mol. The molecular formula is C58H71FN12O11S. The Morgan fingerprint density at radius 2 is 1.65 bits per heavy atom. The molecule has 3 aromatic carbocycles. The number of nitrogens with zero attached hydrogens (tertiary/aromatic N) is 6. The summed E-state index contributed by atoms with van der Waals surface area (Å²) < 4.78 is 37.4. The van der Waals surface area contributed by atoms with Gasteiger partial charge in [-0.2, -0.15) is 9.97 Å². The number of aliphatic hydroxyl groups is 1. The Balaban J connectivity index is 0.720. The smallest absolute Gasteiger partial charge is 0.256 e. The summed E-state index contributed by atoms with van der Waals surface area (Å²) in [6.07, 6.45) is 1.42. The third-order valence-electron chi connectivity index (χ3n) is 14.2. The first-order valence-corrected chi connectivity index (χ1v) is 28.1. The molecule has 3 atom stereocenters. The number of aliphatic hydroxyl groups excluding tert-OH is 1. The molecule has 0 radical (unpaired) electrons. The number of methoxy groups -OCH3 is 1. The Hall–Kier alpha value is -8.10. The number of hydrogen-bond donors (Lipinski definition) is 7. The van der Waals surface area contributed by atoms with Gasteiger partial charge in [-0.15, -0.1) is 11.3 Å². The lowest BCUT2D eigenvalue weighted by molar-refractivity contribution is -0.144. The van der Waals surface area contributed by atoms with Crippen LogP contribution in [-0.4, -0.2) is 169 Å². The number of amides is 6. The molecule has 7 N–H and O–H groups in total. The van der Waals surface area contributed by atoms with Crippen molar-refractivity contribution in [3.05, 3.63) is 101 Å². The van der Waals surface area contributed by atoms with Gasteiger partial charge >= 0.3 is 0 Å². The van der Waals surface area contributed by atoms with E-state index in [1.54, 1.807) is 53.2 Å². The molecule has 8 rings (SSSR count). The molecule has 0 spiro atoms. The average Bonchev–Trinajstić information content (AvgIpc) is 4.52. The van der Waals surface area contributed by atoms with Crippen molar-refractivity contribution in [3.8, 4) is 16.2 Å². The van der Waals surface area contributed by atoms with Gasteiger partial charge < -0.3 is 70.3 Å². The minimum absolute atomic E-state index is 0.0289. The van der Waals surface area contributed by atoms with Gasteiger partial charge in [-0.1, -0.05) is 51.1 Å². The molecular weight excluding hydrogens is 1090 g/mol. The number of hydrogen-bond acceptors (Lipinski definition) is 17. The third-order valence-corrected chi connectivity index (χ3v) is 15.1. The largest absolute Gasteiger partial charge is 0.495 e. The fourth-order valence-electron chi connectivity index (χ4n) is 9.71. The van der Waals surface area contributed by atoms with E-state index >= 15 is 0 Å². The van der Waals surface area contributed by atoms with Crippen molar-refractivity contribution < 1.29 is 57.2 Å². The SMILES string of the molecule is CNC(=O)c1c(F)cccc1Nc1nc(Nc2cc3c(cc2OC)CCN3C(=O)CN(C)C(=O)CCOCCOCCOCCC(=O)N[C@H](C(=O)N2C[C@H](O)C[C@H]2C(=O)NCc2ccc(-c3scnc3C)cc2)C(C)(C)C)nc2[nH]ccc12. The number of ether oxygens (including phenoxy) is 4. The molecule has 1 fully saturated rings. The molecule has 442 valence electrons. The van der Waals surface area contributed by atoms with Crippen LogP contribution in [0.3, 0.4) is 0 Å². The highest BCUT2D eigenvalue weighted by atomic mass is 32.1. The molecule has 0 bridgehead atoms. The molecule has 25 heteroatoms. The van der Waals surface area contributed by atoms with Crippen LogP contribution in [0.4, 0.5) is 33.2 Å². The fourth-order valence-corrected chi connectivity index (χ4v) is 10.5. The van der Waals surface area contributed by atoms with Crippen LogP contribution in [0.15, 0.2) is 72.4 Å². The molecule has 23 nitrogen and oxygen atoms in total. The second-order valence-electron chi connectivity index (χ2n) is 21.1. The van der Waals surface area contributed by atoms with Crippen LogP contribution in [-0.2, 0) is 51.1 Å². The number of H-pyrrole nitrogens is 1. The lowest BCUT2D eigenvalue weighted by atomic mass is 9.85. The lowest BCUT2D eigenvalue weighted by Crippen LogP contribution is -2.57. The minimum atomic E-state index is -0.974. The number of nitrogens with one attached hydrogen (secondary N) is 6. The summed E-state index contributed by atoms with van der Waals surface area (Å²) in [6, 6.07) is 15.5. The Morgan fingerprint density at radius 3 is 2.34 bits per heavy atom. The number of anilines is 5. The van der Waals surface area contributed by atoms with Gasteiger partial charge in [0.2, 0.25) is 35.5 Å². The second kappa shape index (κ2) is 27.8. The highest BCUT2D eigenvalue weighted by Gasteiger charge is 2.44. The molecule has 6 aromatic rings. The van der Waals surface area contributed by atoms with Gasteiger partial charge in [0, 0.05) is 58.5 Å². The molecule has 6 amide bonds. The summed E-state index contributed by atoms with van der Waals surface area (Å²) in [7, 11) is 4.49. The van der Waals surface area contributed by atoms with Gasteiger partial charge in [0.05, 0.1) is 104 Å². The van der Waals surface area contributed by atoms with Crippen molar-refractivity contribution in [2.45, 2.75) is 78.1 Å². The highest BCUT2D eigenvalue weighted by molar-refractivity contribution is 7.13. The molecule has 0 unspecified atom stereocenters. The predicted octanol–water partition coefficient (Wildman–Crippen LogP) is 5.37. The molecule has 2 aliphatic heterocycles. The fraction of sp³-hybridized carbons (Fsp3) is 0.431. The molecule has 2 aliphatic rings. The normalized spacial score (nSPS) is 15.2. The number of carbonyl (C=O) groups excluding carboxylic acids is 6. The van der Waals surface area contributed by atoms with E-state index in [0.29, 0.717) is 46.9 Å². The van der Waals surface area contributed by atoms with E-state index in [1.165, 1.54) is 36.1 Å². The highest BCUT2D eigenvalue weighted by Crippen LogP contribution is 2.39. The number of β-amino-alcohol motifs (C(OH)–C–C–N with tert-alkyl or cyclic N) is 1. The van der Waals surface area contributed by atoms with Gasteiger partial charge in [-0.05, 0) is 65.8 Å². The van der Waals surface area contributed by atoms with Crippen molar-refractivity contribution in [2.24, 2.45) is 5.41 Å². The van der Waals surface area contributed by atoms with Crippen LogP contribution in [0.5, 0.6) is 5.75 Å². The first kappa shape index (κ1) is 61.0. The first-order chi connectivity index (χ1) is 39.8. The minimum Gasteiger partial charge on any atom is -0.495 e. The number of thiazole rings is 1. The van der Waals surface area contributed by atoms with Crippen molar-refractivity contribution in [2.75, 3.05) is 96.0 Å². The van der Waals surface area contributed by atoms with E-state index in [9.17, 15) is 38.3 Å². The van der Waals surface area contributed by atoms with Crippen LogP contribution in [0.2, 0.25) is 0 Å². The van der Waals surface area contributed by atoms with E-state index in [-0.39, 0.29) is 113 Å². The number of aromatic nitrogens is 4. The predicted molar refractivity (Wildman–Crippen MR) is 310 cm³/mol. The van der Waals surface area contributed by atoms with Crippen molar-refractivity contribution in [1.29, 1.82) is 0 Å². The number of fused-ring (bicyclic) bond motifs is 2. The van der Waals surface area contributed by atoms with Crippen LogP contribution in [0, 0.1) is 18.2 Å². The number of benzene rings is 3. The zero-order chi connectivity index (χ0) is 59.4. The number of likely N-dealkylation sites (N-methyl/N-ethyl adjacent to an activating group) is 1. The Morgan fingerprint density at radius 1 is 0.928 bits per heavy atom. The van der Waals surface area contributed by atoms with E-state index in [2.05, 4.69) is 46.5 Å². The van der Waals surface area contributed by atoms with Crippen molar-refractivity contribution in [3.63, 3.8) is 0 Å². The summed E-state index contributed by atoms with van der Waals surface area (Å²) in [5, 5.41) is 25.7. The van der Waals surface area contributed by atoms with Gasteiger partial charge in [0.1, 0.15) is 35.1 Å². The maximum absolute atomic E-state index is 14.8. The molecule has 3 aromatic heterocycles. The van der Waals surface area contributed by atoms with E-state index < -0.39 is 47.1 Å². The Kier molecular flexibility index (Phi) is 20.4. The van der Waals surface area contributed by atoms with E-state index in [0.717, 1.165) is 27.3 Å². The maximum atomic E-state index is 14.8. The zero-order valence-electron chi connectivity index (χ0n) is 47.6. The Labute approximate surface area is 484 Å². The topological polar surface area (TPSA) is 284 Å². The van der Waals surface area contributed by atoms with Gasteiger partial charge in [-0.3, -0.25) is 28.8 Å². The lowest BCUT2D eigenvalue weighted by Gasteiger charge is -2.35. The van der Waals surface area contributed by atoms with Gasteiger partial charge in [0.15, 0.2) is 0 Å². The third kappa shape index (κ3) is 15.3. The van der Waals surface area contributed by atoms with E-state index in [4.69, 9.17) is 18.9 Å². The Bertz CT molecular complexity index is 3300. The van der Waals surface area contributed by atoms with Crippen molar-refractivity contribution in [1.82, 2.24) is 45.7 Å². The molecule has 5 heterocycles. The standard InChI is InChI=1S/C58H71FN12O11S/c1-34-50(83-33-63-34)36-13-11-35(12-14-36)30-62-54(76)44-28-38(72)31-71(44)56(78)51(58(2,3)4)66-46(73)17-21-80-23-25-82-26-24-81-22-18-47(74)69(6)32-48(75)70-20-16-37-27-45(79-7)42(29-43(37)70)65-57-67-52-39(15-19-61-52)53(68-57)64-41-10-8-9-40(59)49(41)55(77)60-5/h8-15,19,27,29,33,38,44,51,72H,16-18,20-26,28,30-32H2,1-7H3,(H,60,77)(H,62,76)(H,66,73)(H3,61,64,65,67,68)/t38-,44+,51-/m1/s1. The quantitative estimate of drug-likeness (QED) is 0.0336. The zero-order valence-corrected chi connectivity index (χ0v) is 48.4. The number of likely N-dealkylation sites (tertiary alicyclic amines) is 1. The average molecular weight is 1160 g/mol. The molecule has 0 aliphatic carbocycles. The number of halogens is 1. The number of carbonyl (C=O) groups is 6. The van der Waals surface area contributed by atoms with Crippen LogP contribution in [0.1, 0.15) is 67.2 Å². The number of rotatable bonds is 26. The van der Waals surface area contributed by atoms with Crippen LogP contribution >= 0.6 is 11.3 Å². The van der Waals surface area contributed by atoms with Crippen molar-refractivity contribution >= 4 is 86.6 Å². The summed E-state index contributed by atoms with van der Waals surface area (Å²) in [6.45, 7) is 8.84. The number of aryl methyl sites for hydroxylation is 1. The van der Waals surface area contributed by atoms with Crippen LogP contribution < -0.4 is 36.2 Å². The molecule has 83 heavy (non-hydrogen) atoms. The summed E-state index contributed by atoms with van der Waals surface area (Å²) in [5.41, 5.74) is 6.36. The number of aromatic amines is 1. The van der Waals surface area contributed by atoms with Gasteiger partial charge in [-0.25, -0.2) is 9.37 Å². The first-order valence-electron chi connectivity index (χ1n) is 27.3. The van der Waals surface area contributed by atoms with E-state index in [1.807, 2.05) is 58.0 Å². The molecule has 1 saturated heterocycles. The van der Waals surface area contributed by atoms with Crippen LogP contribution in [0.25, 0.3) is 21.5 Å². The maximum Gasteiger partial charge on any atom is 0.256 e. The van der Waals surface area contributed by atoms with Gasteiger partial charge in [0.25, 0.3) is 5.91 Å². The second-order valence-corrected chi connectivity index (χ2v) is 22.0. The summed E-state index contributed by atoms with van der Waals surface area (Å²) in [5.74, 6) is -2.25. The summed E-state index contributed by atoms with van der Waals surface area (Å²) in [4.78, 5) is 102.